The average molecular weight is 535 g/mol. The Bertz CT molecular complexity index is 1480. The number of thioether (sulfide) groups is 1. The van der Waals surface area contributed by atoms with Gasteiger partial charge in [-0.05, 0) is 49.4 Å². The van der Waals surface area contributed by atoms with Gasteiger partial charge < -0.3 is 14.5 Å². The Morgan fingerprint density at radius 2 is 1.76 bits per heavy atom. The number of anilines is 1. The maximum absolute atomic E-state index is 13.4. The van der Waals surface area contributed by atoms with Gasteiger partial charge in [0.15, 0.2) is 5.16 Å². The van der Waals surface area contributed by atoms with E-state index in [0.717, 1.165) is 24.5 Å². The van der Waals surface area contributed by atoms with Crippen molar-refractivity contribution in [2.75, 3.05) is 43.4 Å². The van der Waals surface area contributed by atoms with Crippen molar-refractivity contribution in [1.29, 1.82) is 0 Å². The Balaban J connectivity index is 1.32. The molecule has 1 aliphatic heterocycles. The third-order valence-corrected chi connectivity index (χ3v) is 7.43. The van der Waals surface area contributed by atoms with Gasteiger partial charge in [-0.3, -0.25) is 14.2 Å². The minimum absolute atomic E-state index is 0.0165. The number of para-hydroxylation sites is 3. The van der Waals surface area contributed by atoms with Crippen molar-refractivity contribution in [3.05, 3.63) is 88.2 Å². The van der Waals surface area contributed by atoms with Crippen LogP contribution in [0, 0.1) is 0 Å². The lowest BCUT2D eigenvalue weighted by molar-refractivity contribution is -0.128. The summed E-state index contributed by atoms with van der Waals surface area (Å²) in [6.45, 7) is 5.26. The van der Waals surface area contributed by atoms with Crippen molar-refractivity contribution >= 4 is 45.9 Å². The first-order valence-corrected chi connectivity index (χ1v) is 13.6. The average Bonchev–Trinajstić information content (AvgIpc) is 2.92. The monoisotopic (exact) mass is 534 g/mol. The molecule has 1 aliphatic rings. The summed E-state index contributed by atoms with van der Waals surface area (Å²) < 4.78 is 7.32. The maximum Gasteiger partial charge on any atom is 0.266 e. The summed E-state index contributed by atoms with van der Waals surface area (Å²) in [4.78, 5) is 35.4. The number of rotatable bonds is 7. The van der Waals surface area contributed by atoms with Crippen molar-refractivity contribution in [2.24, 2.45) is 0 Å². The molecule has 0 radical (unpaired) electrons. The lowest BCUT2D eigenvalue weighted by Gasteiger charge is -2.36. The molecule has 0 atom stereocenters. The maximum atomic E-state index is 13.4. The van der Waals surface area contributed by atoms with Gasteiger partial charge in [-0.15, -0.1) is 0 Å². The van der Waals surface area contributed by atoms with Gasteiger partial charge in [-0.25, -0.2) is 4.98 Å². The molecule has 3 aromatic carbocycles. The highest BCUT2D eigenvalue weighted by Gasteiger charge is 2.24. The third-order valence-electron chi connectivity index (χ3n) is 6.27. The number of piperazine rings is 1. The van der Waals surface area contributed by atoms with Crippen LogP contribution in [-0.4, -0.2) is 58.9 Å². The van der Waals surface area contributed by atoms with Crippen LogP contribution in [0.1, 0.15) is 6.92 Å². The van der Waals surface area contributed by atoms with Crippen LogP contribution in [0.25, 0.3) is 16.6 Å². The van der Waals surface area contributed by atoms with Crippen LogP contribution >= 0.6 is 23.4 Å². The predicted octanol–water partition coefficient (Wildman–Crippen LogP) is 4.88. The summed E-state index contributed by atoms with van der Waals surface area (Å²) >= 11 is 7.48. The van der Waals surface area contributed by atoms with E-state index in [9.17, 15) is 9.59 Å². The second kappa shape index (κ2) is 11.3. The van der Waals surface area contributed by atoms with Crippen LogP contribution in [0.15, 0.2) is 82.7 Å². The molecule has 0 N–H and O–H groups in total. The summed E-state index contributed by atoms with van der Waals surface area (Å²) in [6.07, 6.45) is 0. The van der Waals surface area contributed by atoms with Gasteiger partial charge in [0.2, 0.25) is 5.91 Å². The molecular weight excluding hydrogens is 508 g/mol. The zero-order valence-corrected chi connectivity index (χ0v) is 22.0. The number of carbonyl (C=O) groups is 1. The van der Waals surface area contributed by atoms with E-state index in [2.05, 4.69) is 11.0 Å². The number of nitrogens with zero attached hydrogens (tertiary/aromatic N) is 4. The van der Waals surface area contributed by atoms with Crippen LogP contribution in [0.2, 0.25) is 5.02 Å². The summed E-state index contributed by atoms with van der Waals surface area (Å²) in [5, 5.41) is 1.50. The first-order chi connectivity index (χ1) is 18.0. The van der Waals surface area contributed by atoms with Gasteiger partial charge in [0, 0.05) is 31.2 Å². The molecular formula is C28H27ClN4O3S. The highest BCUT2D eigenvalue weighted by molar-refractivity contribution is 7.99. The van der Waals surface area contributed by atoms with Crippen molar-refractivity contribution < 1.29 is 9.53 Å². The minimum atomic E-state index is -0.190. The van der Waals surface area contributed by atoms with Gasteiger partial charge in [0.25, 0.3) is 5.56 Å². The van der Waals surface area contributed by atoms with Crippen molar-refractivity contribution in [2.45, 2.75) is 12.1 Å². The Morgan fingerprint density at radius 3 is 2.54 bits per heavy atom. The van der Waals surface area contributed by atoms with E-state index in [1.807, 2.05) is 54.3 Å². The van der Waals surface area contributed by atoms with Gasteiger partial charge in [-0.1, -0.05) is 53.7 Å². The fourth-order valence-electron chi connectivity index (χ4n) is 4.46. The molecule has 9 heteroatoms. The van der Waals surface area contributed by atoms with Gasteiger partial charge in [0.05, 0.1) is 34.6 Å². The van der Waals surface area contributed by atoms with Gasteiger partial charge >= 0.3 is 0 Å². The smallest absolute Gasteiger partial charge is 0.266 e. The molecule has 2 heterocycles. The molecule has 37 heavy (non-hydrogen) atoms. The van der Waals surface area contributed by atoms with Crippen LogP contribution in [-0.2, 0) is 4.79 Å². The molecule has 4 aromatic rings. The van der Waals surface area contributed by atoms with Crippen LogP contribution in [0.4, 0.5) is 5.69 Å². The second-order valence-corrected chi connectivity index (χ2v) is 9.97. The molecule has 0 bridgehead atoms. The molecule has 0 spiro atoms. The van der Waals surface area contributed by atoms with E-state index in [0.29, 0.717) is 46.5 Å². The highest BCUT2D eigenvalue weighted by Crippen LogP contribution is 2.29. The Labute approximate surface area is 224 Å². The van der Waals surface area contributed by atoms with Gasteiger partial charge in [0.1, 0.15) is 5.75 Å². The number of amides is 1. The first kappa shape index (κ1) is 25.2. The minimum Gasteiger partial charge on any atom is -0.492 e. The molecule has 1 saturated heterocycles. The Hall–Kier alpha value is -3.49. The van der Waals surface area contributed by atoms with Crippen molar-refractivity contribution in [3.8, 4) is 11.4 Å². The van der Waals surface area contributed by atoms with Crippen LogP contribution in [0.5, 0.6) is 5.75 Å². The Morgan fingerprint density at radius 1 is 1.00 bits per heavy atom. The van der Waals surface area contributed by atoms with Crippen LogP contribution in [0.3, 0.4) is 0 Å². The number of ether oxygens (including phenoxy) is 1. The standard InChI is InChI=1S/C28H27ClN4O3S/c1-2-36-25-13-6-5-12-24(25)31-14-16-32(17-15-31)26(34)19-37-28-30-23-11-4-3-10-22(23)27(35)33(28)21-9-7-8-20(29)18-21/h3-13,18H,2,14-17,19H2,1H3. The number of fused-ring (bicyclic) bond motifs is 1. The molecule has 5 rings (SSSR count). The SMILES string of the molecule is CCOc1ccccc1N1CCN(C(=O)CSc2nc3ccccc3c(=O)n2-c2cccc(Cl)c2)CC1. The predicted molar refractivity (Wildman–Crippen MR) is 149 cm³/mol. The summed E-state index contributed by atoms with van der Waals surface area (Å²) in [6, 6.07) is 22.3. The van der Waals surface area contributed by atoms with E-state index in [1.54, 1.807) is 24.3 Å². The quantitative estimate of drug-likeness (QED) is 0.249. The van der Waals surface area contributed by atoms with E-state index in [1.165, 1.54) is 16.3 Å². The van der Waals surface area contributed by atoms with E-state index in [4.69, 9.17) is 21.3 Å². The topological polar surface area (TPSA) is 67.7 Å². The summed E-state index contributed by atoms with van der Waals surface area (Å²) in [7, 11) is 0. The summed E-state index contributed by atoms with van der Waals surface area (Å²) in [5.41, 5.74) is 2.08. The molecule has 0 saturated carbocycles. The largest absolute Gasteiger partial charge is 0.492 e. The highest BCUT2D eigenvalue weighted by atomic mass is 35.5. The van der Waals surface area contributed by atoms with Crippen LogP contribution < -0.4 is 15.2 Å². The lowest BCUT2D eigenvalue weighted by Crippen LogP contribution is -2.49. The lowest BCUT2D eigenvalue weighted by atomic mass is 10.2. The number of aromatic nitrogens is 2. The molecule has 0 aliphatic carbocycles. The zero-order chi connectivity index (χ0) is 25.8. The molecule has 0 unspecified atom stereocenters. The number of halogens is 1. The van der Waals surface area contributed by atoms with E-state index < -0.39 is 0 Å². The molecule has 1 aromatic heterocycles. The normalized spacial score (nSPS) is 13.7. The number of hydrogen-bond donors (Lipinski definition) is 0. The summed E-state index contributed by atoms with van der Waals surface area (Å²) in [5.74, 6) is 1.06. The van der Waals surface area contributed by atoms with Crippen molar-refractivity contribution in [3.63, 3.8) is 0 Å². The number of benzene rings is 3. The molecule has 7 nitrogen and oxygen atoms in total. The number of hydrogen-bond acceptors (Lipinski definition) is 6. The fraction of sp³-hybridized carbons (Fsp3) is 0.250. The number of carbonyl (C=O) groups excluding carboxylic acids is 1. The van der Waals surface area contributed by atoms with E-state index in [-0.39, 0.29) is 17.2 Å². The zero-order valence-electron chi connectivity index (χ0n) is 20.5. The third kappa shape index (κ3) is 5.45. The Kier molecular flexibility index (Phi) is 7.67. The van der Waals surface area contributed by atoms with Gasteiger partial charge in [-0.2, -0.15) is 0 Å². The first-order valence-electron chi connectivity index (χ1n) is 12.2. The van der Waals surface area contributed by atoms with E-state index >= 15 is 0 Å². The van der Waals surface area contributed by atoms with Crippen molar-refractivity contribution in [1.82, 2.24) is 14.5 Å². The fourth-order valence-corrected chi connectivity index (χ4v) is 5.56. The molecule has 1 amide bonds. The second-order valence-electron chi connectivity index (χ2n) is 8.59. The molecule has 190 valence electrons. The molecule has 1 fully saturated rings.